The van der Waals surface area contributed by atoms with Gasteiger partial charge in [-0.05, 0) is 13.0 Å². The number of carbonyl (C=O) groups excluding carboxylic acids is 1. The number of nitrogens with two attached hydrogens (primary N) is 1. The molecule has 18 heavy (non-hydrogen) atoms. The van der Waals surface area contributed by atoms with Crippen LogP contribution in [0.25, 0.3) is 0 Å². The Hall–Kier alpha value is -0.770. The van der Waals surface area contributed by atoms with Crippen molar-refractivity contribution in [3.05, 3.63) is 0 Å². The molecule has 0 aromatic heterocycles. The lowest BCUT2D eigenvalue weighted by Crippen LogP contribution is -2.58. The van der Waals surface area contributed by atoms with Crippen molar-refractivity contribution >= 4 is 5.97 Å². The van der Waals surface area contributed by atoms with Gasteiger partial charge in [0.15, 0.2) is 6.29 Å². The summed E-state index contributed by atoms with van der Waals surface area (Å²) in [6.07, 6.45) is -6.67. The van der Waals surface area contributed by atoms with Gasteiger partial charge in [0.25, 0.3) is 0 Å². The van der Waals surface area contributed by atoms with Gasteiger partial charge in [-0.1, -0.05) is 0 Å². The van der Waals surface area contributed by atoms with Crippen molar-refractivity contribution < 1.29 is 34.7 Å². The van der Waals surface area contributed by atoms with E-state index in [1.807, 2.05) is 0 Å². The highest BCUT2D eigenvalue weighted by Crippen LogP contribution is 2.20. The molecule has 1 aliphatic rings. The molecule has 0 unspecified atom stereocenters. The number of carbonyl (C=O) groups is 1. The smallest absolute Gasteiger partial charge is 0.305 e. The van der Waals surface area contributed by atoms with Gasteiger partial charge in [0.1, 0.15) is 31.0 Å². The zero-order valence-corrected chi connectivity index (χ0v) is 9.81. The van der Waals surface area contributed by atoms with Crippen LogP contribution in [0.4, 0.5) is 0 Å². The number of hydrogen-bond donors (Lipinski definition) is 5. The Kier molecular flexibility index (Phi) is 5.93. The number of esters is 1. The number of aliphatic hydroxyl groups is 4. The molecule has 106 valence electrons. The first-order valence-electron chi connectivity index (χ1n) is 5.70. The highest BCUT2D eigenvalue weighted by molar-refractivity contribution is 5.69. The zero-order chi connectivity index (χ0) is 13.7. The van der Waals surface area contributed by atoms with Crippen LogP contribution in [0, 0.1) is 0 Å². The molecule has 0 radical (unpaired) electrons. The lowest BCUT2D eigenvalue weighted by atomic mass is 9.99. The molecule has 1 aliphatic heterocycles. The van der Waals surface area contributed by atoms with Gasteiger partial charge >= 0.3 is 5.97 Å². The van der Waals surface area contributed by atoms with Gasteiger partial charge < -0.3 is 35.6 Å². The van der Waals surface area contributed by atoms with Crippen molar-refractivity contribution in [2.24, 2.45) is 5.73 Å². The molecule has 8 heteroatoms. The summed E-state index contributed by atoms with van der Waals surface area (Å²) in [5, 5.41) is 37.4. The number of rotatable bonds is 5. The summed E-state index contributed by atoms with van der Waals surface area (Å²) < 4.78 is 9.63. The maximum atomic E-state index is 11.2. The molecule has 0 aromatic carbocycles. The van der Waals surface area contributed by atoms with Gasteiger partial charge in [0.2, 0.25) is 0 Å². The lowest BCUT2D eigenvalue weighted by molar-refractivity contribution is -0.287. The largest absolute Gasteiger partial charge is 0.463 e. The van der Waals surface area contributed by atoms with Crippen LogP contribution in [-0.2, 0) is 14.3 Å². The zero-order valence-electron chi connectivity index (χ0n) is 9.81. The first-order chi connectivity index (χ1) is 8.47. The Morgan fingerprint density at radius 2 is 1.83 bits per heavy atom. The normalized spacial score (nSPS) is 36.4. The van der Waals surface area contributed by atoms with Gasteiger partial charge in [-0.2, -0.15) is 0 Å². The first-order valence-corrected chi connectivity index (χ1v) is 5.70. The van der Waals surface area contributed by atoms with Crippen molar-refractivity contribution in [1.82, 2.24) is 0 Å². The maximum absolute atomic E-state index is 11.2. The van der Waals surface area contributed by atoms with E-state index in [1.54, 1.807) is 0 Å². The quantitative estimate of drug-likeness (QED) is 0.332. The molecule has 0 saturated carbocycles. The molecule has 1 fully saturated rings. The van der Waals surface area contributed by atoms with E-state index in [2.05, 4.69) is 0 Å². The molecule has 0 aliphatic carbocycles. The van der Waals surface area contributed by atoms with Crippen LogP contribution in [0.3, 0.4) is 0 Å². The third-order valence-corrected chi connectivity index (χ3v) is 2.68. The standard InChI is InChI=1S/C10H19NO7/c11-3-1-2-6(12)17-4-5-7(13)8(14)9(15)10(16)18-5/h5,7-10,13-16H,1-4,11H2/t5-,7-,8+,9-,10+/m1/s1. The SMILES string of the molecule is NCCCC(=O)OC[C@H]1O[C@H](O)[C@H](O)[C@@H](O)[C@@H]1O. The van der Waals surface area contributed by atoms with Crippen LogP contribution < -0.4 is 5.73 Å². The Labute approximate surface area is 104 Å². The van der Waals surface area contributed by atoms with Crippen molar-refractivity contribution in [1.29, 1.82) is 0 Å². The monoisotopic (exact) mass is 265 g/mol. The van der Waals surface area contributed by atoms with E-state index in [4.69, 9.17) is 15.2 Å². The van der Waals surface area contributed by atoms with E-state index >= 15 is 0 Å². The summed E-state index contributed by atoms with van der Waals surface area (Å²) in [5.41, 5.74) is 5.22. The van der Waals surface area contributed by atoms with Crippen LogP contribution in [0.15, 0.2) is 0 Å². The molecule has 0 spiro atoms. The molecular formula is C10H19NO7. The Morgan fingerprint density at radius 3 is 2.44 bits per heavy atom. The molecule has 1 heterocycles. The molecule has 6 N–H and O–H groups in total. The minimum atomic E-state index is -1.63. The average Bonchev–Trinajstić information content (AvgIpc) is 2.36. The van der Waals surface area contributed by atoms with Crippen LogP contribution in [0.2, 0.25) is 0 Å². The fourth-order valence-electron chi connectivity index (χ4n) is 1.56. The number of aliphatic hydroxyl groups excluding tert-OH is 4. The summed E-state index contributed by atoms with van der Waals surface area (Å²) in [6, 6.07) is 0. The summed E-state index contributed by atoms with van der Waals surface area (Å²) in [6.45, 7) is 0.0483. The Bertz CT molecular complexity index is 275. The second-order valence-corrected chi connectivity index (χ2v) is 4.11. The minimum absolute atomic E-state index is 0.146. The lowest BCUT2D eigenvalue weighted by Gasteiger charge is -2.37. The predicted octanol–water partition coefficient (Wildman–Crippen LogP) is -2.93. The molecule has 1 rings (SSSR count). The molecule has 5 atom stereocenters. The number of ether oxygens (including phenoxy) is 2. The van der Waals surface area contributed by atoms with Gasteiger partial charge in [-0.25, -0.2) is 0 Å². The summed E-state index contributed by atoms with van der Waals surface area (Å²) >= 11 is 0. The summed E-state index contributed by atoms with van der Waals surface area (Å²) in [5.74, 6) is -0.508. The predicted molar refractivity (Wildman–Crippen MR) is 58.1 cm³/mol. The van der Waals surface area contributed by atoms with Crippen LogP contribution in [-0.4, -0.2) is 70.3 Å². The highest BCUT2D eigenvalue weighted by Gasteiger charge is 2.43. The van der Waals surface area contributed by atoms with Crippen LogP contribution >= 0.6 is 0 Å². The summed E-state index contributed by atoms with van der Waals surface area (Å²) in [4.78, 5) is 11.2. The second kappa shape index (κ2) is 6.98. The molecule has 0 aromatic rings. The fourth-order valence-corrected chi connectivity index (χ4v) is 1.56. The molecule has 1 saturated heterocycles. The Balaban J connectivity index is 2.39. The average molecular weight is 265 g/mol. The van der Waals surface area contributed by atoms with E-state index in [-0.39, 0.29) is 13.0 Å². The van der Waals surface area contributed by atoms with Gasteiger partial charge in [0, 0.05) is 6.42 Å². The highest BCUT2D eigenvalue weighted by atomic mass is 16.6. The maximum Gasteiger partial charge on any atom is 0.305 e. The third kappa shape index (κ3) is 3.87. The van der Waals surface area contributed by atoms with Crippen LogP contribution in [0.1, 0.15) is 12.8 Å². The van der Waals surface area contributed by atoms with E-state index in [1.165, 1.54) is 0 Å². The summed E-state index contributed by atoms with van der Waals surface area (Å²) in [7, 11) is 0. The topological polar surface area (TPSA) is 142 Å². The van der Waals surface area contributed by atoms with Gasteiger partial charge in [0.05, 0.1) is 0 Å². The van der Waals surface area contributed by atoms with E-state index in [9.17, 15) is 25.2 Å². The fraction of sp³-hybridized carbons (Fsp3) is 0.900. The Morgan fingerprint density at radius 1 is 1.17 bits per heavy atom. The van der Waals surface area contributed by atoms with Gasteiger partial charge in [-0.15, -0.1) is 0 Å². The third-order valence-electron chi connectivity index (χ3n) is 2.68. The van der Waals surface area contributed by atoms with Crippen molar-refractivity contribution in [2.45, 2.75) is 43.5 Å². The molecule has 0 amide bonds. The molecule has 0 bridgehead atoms. The molecular weight excluding hydrogens is 246 g/mol. The van der Waals surface area contributed by atoms with Crippen molar-refractivity contribution in [3.8, 4) is 0 Å². The van der Waals surface area contributed by atoms with Crippen LogP contribution in [0.5, 0.6) is 0 Å². The van der Waals surface area contributed by atoms with Crippen molar-refractivity contribution in [2.75, 3.05) is 13.2 Å². The molecule has 8 nitrogen and oxygen atoms in total. The van der Waals surface area contributed by atoms with E-state index in [0.717, 1.165) is 0 Å². The second-order valence-electron chi connectivity index (χ2n) is 4.11. The van der Waals surface area contributed by atoms with Gasteiger partial charge in [-0.3, -0.25) is 4.79 Å². The number of hydrogen-bond acceptors (Lipinski definition) is 8. The van der Waals surface area contributed by atoms with Crippen molar-refractivity contribution in [3.63, 3.8) is 0 Å². The van der Waals surface area contributed by atoms with E-state index in [0.29, 0.717) is 13.0 Å². The minimum Gasteiger partial charge on any atom is -0.463 e. The first kappa shape index (κ1) is 15.3. The van der Waals surface area contributed by atoms with E-state index < -0.39 is 36.7 Å².